The summed E-state index contributed by atoms with van der Waals surface area (Å²) in [7, 11) is 1.96. The Kier molecular flexibility index (Phi) is 2.98. The van der Waals surface area contributed by atoms with Crippen molar-refractivity contribution in [2.75, 3.05) is 13.6 Å². The topological polar surface area (TPSA) is 27.8 Å². The first-order valence-corrected chi connectivity index (χ1v) is 5.51. The van der Waals surface area contributed by atoms with Crippen LogP contribution in [0.15, 0.2) is 18.2 Å². The number of aryl methyl sites for hydroxylation is 1. The molecular weight excluding hydrogens is 208 g/mol. The second-order valence-electron chi connectivity index (χ2n) is 3.80. The first-order chi connectivity index (χ1) is 7.22. The van der Waals surface area contributed by atoms with Crippen LogP contribution in [-0.4, -0.2) is 18.6 Å². The number of hydrogen-bond acceptors (Lipinski definition) is 1. The molecule has 0 atom stereocenters. The van der Waals surface area contributed by atoms with Gasteiger partial charge in [0.1, 0.15) is 0 Å². The van der Waals surface area contributed by atoms with Gasteiger partial charge in [-0.1, -0.05) is 17.7 Å². The third-order valence-electron chi connectivity index (χ3n) is 2.64. The van der Waals surface area contributed by atoms with Gasteiger partial charge >= 0.3 is 0 Å². The summed E-state index contributed by atoms with van der Waals surface area (Å²) in [5.41, 5.74) is 3.47. The summed E-state index contributed by atoms with van der Waals surface area (Å²) in [6.45, 7) is 2.99. The van der Waals surface area contributed by atoms with Gasteiger partial charge in [0.2, 0.25) is 0 Å². The Morgan fingerprint density at radius 3 is 2.93 bits per heavy atom. The highest BCUT2D eigenvalue weighted by atomic mass is 35.5. The number of nitrogens with one attached hydrogen (secondary N) is 2. The van der Waals surface area contributed by atoms with Gasteiger partial charge in [-0.25, -0.2) is 0 Å². The summed E-state index contributed by atoms with van der Waals surface area (Å²) < 4.78 is 0. The number of aromatic nitrogens is 1. The van der Waals surface area contributed by atoms with Gasteiger partial charge in [-0.05, 0) is 44.6 Å². The first kappa shape index (κ1) is 10.5. The molecule has 1 aromatic heterocycles. The van der Waals surface area contributed by atoms with E-state index in [0.717, 1.165) is 34.6 Å². The third kappa shape index (κ3) is 2.01. The lowest BCUT2D eigenvalue weighted by atomic mass is 10.1. The fourth-order valence-electron chi connectivity index (χ4n) is 1.77. The highest BCUT2D eigenvalue weighted by Gasteiger charge is 2.06. The van der Waals surface area contributed by atoms with Crippen molar-refractivity contribution >= 4 is 22.5 Å². The molecule has 0 radical (unpaired) electrons. The number of fused-ring (bicyclic) bond motifs is 1. The smallest absolute Gasteiger partial charge is 0.0689 e. The minimum Gasteiger partial charge on any atom is -0.357 e. The number of benzene rings is 1. The molecule has 0 aliphatic heterocycles. The van der Waals surface area contributed by atoms with E-state index in [2.05, 4.69) is 28.5 Å². The van der Waals surface area contributed by atoms with E-state index in [-0.39, 0.29) is 0 Å². The van der Waals surface area contributed by atoms with Crippen LogP contribution in [0.5, 0.6) is 0 Å². The van der Waals surface area contributed by atoms with Crippen LogP contribution in [0, 0.1) is 6.92 Å². The number of likely N-dealkylation sites (N-methyl/N-ethyl adjacent to an activating group) is 1. The summed E-state index contributed by atoms with van der Waals surface area (Å²) in [5.74, 6) is 0. The zero-order valence-electron chi connectivity index (χ0n) is 9.02. The van der Waals surface area contributed by atoms with Gasteiger partial charge in [0.15, 0.2) is 0 Å². The maximum absolute atomic E-state index is 6.20. The van der Waals surface area contributed by atoms with Gasteiger partial charge in [0, 0.05) is 16.6 Å². The molecule has 0 saturated heterocycles. The largest absolute Gasteiger partial charge is 0.357 e. The lowest BCUT2D eigenvalue weighted by molar-refractivity contribution is 0.792. The Labute approximate surface area is 94.6 Å². The van der Waals surface area contributed by atoms with E-state index in [0.29, 0.717) is 0 Å². The second kappa shape index (κ2) is 4.25. The standard InChI is InChI=1S/C12H15ClN2/c1-8-12(13)10-7-9(5-6-14-2)3-4-11(10)15-8/h3-4,7,14-15H,5-6H2,1-2H3. The zero-order valence-corrected chi connectivity index (χ0v) is 9.78. The van der Waals surface area contributed by atoms with Crippen LogP contribution < -0.4 is 5.32 Å². The van der Waals surface area contributed by atoms with E-state index >= 15 is 0 Å². The molecule has 0 saturated carbocycles. The molecule has 3 heteroatoms. The van der Waals surface area contributed by atoms with Crippen molar-refractivity contribution in [2.24, 2.45) is 0 Å². The van der Waals surface area contributed by atoms with Crippen LogP contribution in [0.25, 0.3) is 10.9 Å². The molecule has 0 spiro atoms. The molecule has 0 bridgehead atoms. The molecule has 2 N–H and O–H groups in total. The van der Waals surface area contributed by atoms with Crippen LogP contribution in [0.4, 0.5) is 0 Å². The Morgan fingerprint density at radius 2 is 2.20 bits per heavy atom. The van der Waals surface area contributed by atoms with Crippen molar-refractivity contribution < 1.29 is 0 Å². The van der Waals surface area contributed by atoms with Crippen LogP contribution in [0.3, 0.4) is 0 Å². The normalized spacial score (nSPS) is 11.1. The van der Waals surface area contributed by atoms with Crippen molar-refractivity contribution in [3.63, 3.8) is 0 Å². The molecule has 0 aliphatic carbocycles. The molecule has 2 nitrogen and oxygen atoms in total. The Bertz CT molecular complexity index is 474. The van der Waals surface area contributed by atoms with E-state index < -0.39 is 0 Å². The van der Waals surface area contributed by atoms with E-state index in [4.69, 9.17) is 11.6 Å². The maximum Gasteiger partial charge on any atom is 0.0689 e. The second-order valence-corrected chi connectivity index (χ2v) is 4.18. The maximum atomic E-state index is 6.20. The summed E-state index contributed by atoms with van der Waals surface area (Å²) in [4.78, 5) is 3.26. The van der Waals surface area contributed by atoms with E-state index in [1.54, 1.807) is 0 Å². The van der Waals surface area contributed by atoms with Crippen LogP contribution in [0.2, 0.25) is 5.02 Å². The quantitative estimate of drug-likeness (QED) is 0.821. The minimum atomic E-state index is 0.844. The van der Waals surface area contributed by atoms with E-state index in [9.17, 15) is 0 Å². The molecule has 80 valence electrons. The molecule has 2 aromatic rings. The molecule has 2 rings (SSSR count). The molecule has 0 unspecified atom stereocenters. The number of H-pyrrole nitrogens is 1. The van der Waals surface area contributed by atoms with E-state index in [1.807, 2.05) is 14.0 Å². The summed E-state index contributed by atoms with van der Waals surface area (Å²) in [6, 6.07) is 6.41. The fraction of sp³-hybridized carbons (Fsp3) is 0.333. The highest BCUT2D eigenvalue weighted by molar-refractivity contribution is 6.36. The number of hydrogen-bond donors (Lipinski definition) is 2. The molecule has 1 heterocycles. The van der Waals surface area contributed by atoms with Crippen LogP contribution >= 0.6 is 11.6 Å². The molecule has 0 amide bonds. The van der Waals surface area contributed by atoms with Crippen LogP contribution in [0.1, 0.15) is 11.3 Å². The highest BCUT2D eigenvalue weighted by Crippen LogP contribution is 2.27. The van der Waals surface area contributed by atoms with Gasteiger partial charge in [0.05, 0.1) is 5.02 Å². The lowest BCUT2D eigenvalue weighted by Gasteiger charge is -2.00. The molecular formula is C12H15ClN2. The van der Waals surface area contributed by atoms with Gasteiger partial charge in [-0.3, -0.25) is 0 Å². The average Bonchev–Trinajstić information content (AvgIpc) is 2.52. The van der Waals surface area contributed by atoms with E-state index in [1.165, 1.54) is 5.56 Å². The first-order valence-electron chi connectivity index (χ1n) is 5.13. The van der Waals surface area contributed by atoms with Crippen molar-refractivity contribution in [1.29, 1.82) is 0 Å². The minimum absolute atomic E-state index is 0.844. The summed E-state index contributed by atoms with van der Waals surface area (Å²) in [6.07, 6.45) is 1.03. The van der Waals surface area contributed by atoms with Gasteiger partial charge in [0.25, 0.3) is 0 Å². The van der Waals surface area contributed by atoms with Gasteiger partial charge in [-0.15, -0.1) is 0 Å². The Balaban J connectivity index is 2.41. The van der Waals surface area contributed by atoms with Crippen molar-refractivity contribution in [3.05, 3.63) is 34.5 Å². The average molecular weight is 223 g/mol. The molecule has 1 aromatic carbocycles. The van der Waals surface area contributed by atoms with Crippen molar-refractivity contribution in [1.82, 2.24) is 10.3 Å². The Morgan fingerprint density at radius 1 is 1.40 bits per heavy atom. The lowest BCUT2D eigenvalue weighted by Crippen LogP contribution is -2.10. The predicted octanol–water partition coefficient (Wildman–Crippen LogP) is 2.89. The third-order valence-corrected chi connectivity index (χ3v) is 3.12. The SMILES string of the molecule is CNCCc1ccc2[nH]c(C)c(Cl)c2c1. The van der Waals surface area contributed by atoms with Crippen molar-refractivity contribution in [2.45, 2.75) is 13.3 Å². The number of rotatable bonds is 3. The fourth-order valence-corrected chi connectivity index (χ4v) is 1.97. The number of halogens is 1. The van der Waals surface area contributed by atoms with Gasteiger partial charge < -0.3 is 10.3 Å². The summed E-state index contributed by atoms with van der Waals surface area (Å²) in [5, 5.41) is 5.11. The number of aromatic amines is 1. The summed E-state index contributed by atoms with van der Waals surface area (Å²) >= 11 is 6.20. The van der Waals surface area contributed by atoms with Gasteiger partial charge in [-0.2, -0.15) is 0 Å². The predicted molar refractivity (Wildman–Crippen MR) is 65.7 cm³/mol. The zero-order chi connectivity index (χ0) is 10.8. The van der Waals surface area contributed by atoms with Crippen LogP contribution in [-0.2, 0) is 6.42 Å². The molecule has 0 aliphatic rings. The molecule has 0 fully saturated rings. The monoisotopic (exact) mass is 222 g/mol. The molecule has 15 heavy (non-hydrogen) atoms. The Hall–Kier alpha value is -0.990. The van der Waals surface area contributed by atoms with Crippen molar-refractivity contribution in [3.8, 4) is 0 Å².